The van der Waals surface area contributed by atoms with Gasteiger partial charge in [-0.25, -0.2) is 5.11 Å². The highest BCUT2D eigenvalue weighted by atomic mass is 28.3. The molecule has 0 amide bonds. The molecule has 0 rings (SSSR count). The summed E-state index contributed by atoms with van der Waals surface area (Å²) in [6, 6.07) is 5.59. The maximum absolute atomic E-state index is 10.3. The van der Waals surface area contributed by atoms with Gasteiger partial charge in [-0.2, -0.15) is 0 Å². The summed E-state index contributed by atoms with van der Waals surface area (Å²) in [5.41, 5.74) is 0. The second-order valence-corrected chi connectivity index (χ2v) is 9.34. The minimum absolute atomic E-state index is 0.127. The van der Waals surface area contributed by atoms with Crippen LogP contribution in [0.25, 0.3) is 0 Å². The van der Waals surface area contributed by atoms with Gasteiger partial charge in [-0.3, -0.25) is 0 Å². The van der Waals surface area contributed by atoms with Gasteiger partial charge in [-0.15, -0.1) is 0 Å². The third-order valence-electron chi connectivity index (χ3n) is 3.35. The minimum Gasteiger partial charge on any atom is -0.237 e. The van der Waals surface area contributed by atoms with Crippen LogP contribution in [-0.4, -0.2) is 14.7 Å². The first-order valence-electron chi connectivity index (χ1n) is 5.32. The predicted octanol–water partition coefficient (Wildman–Crippen LogP) is 3.71. The van der Waals surface area contributed by atoms with E-state index in [1.54, 1.807) is 0 Å². The van der Waals surface area contributed by atoms with Gasteiger partial charge >= 0.3 is 0 Å². The minimum atomic E-state index is -0.894. The van der Waals surface area contributed by atoms with E-state index in [9.17, 15) is 5.11 Å². The zero-order valence-corrected chi connectivity index (χ0v) is 9.86. The lowest BCUT2D eigenvalue weighted by Gasteiger charge is -2.27. The standard InChI is InChI=1S/C10H23OSi/c1-4-12(5-2,6-3)10-8-7-9-11/h4-10H2,1-3H3. The van der Waals surface area contributed by atoms with Crippen molar-refractivity contribution in [2.24, 2.45) is 0 Å². The van der Waals surface area contributed by atoms with Gasteiger partial charge in [0.25, 0.3) is 0 Å². The van der Waals surface area contributed by atoms with Crippen molar-refractivity contribution >= 4 is 8.07 Å². The van der Waals surface area contributed by atoms with Gasteiger partial charge in [0.2, 0.25) is 0 Å². The van der Waals surface area contributed by atoms with E-state index in [0.717, 1.165) is 6.42 Å². The highest BCUT2D eigenvalue weighted by molar-refractivity contribution is 6.79. The molecule has 0 heterocycles. The quantitative estimate of drug-likeness (QED) is 0.428. The molecular weight excluding hydrogens is 164 g/mol. The van der Waals surface area contributed by atoms with Gasteiger partial charge in [0.1, 0.15) is 0 Å². The van der Waals surface area contributed by atoms with Crippen LogP contribution < -0.4 is 0 Å². The molecule has 12 heavy (non-hydrogen) atoms. The van der Waals surface area contributed by atoms with Crippen LogP contribution in [0.3, 0.4) is 0 Å². The molecule has 0 atom stereocenters. The van der Waals surface area contributed by atoms with Crippen molar-refractivity contribution in [3.8, 4) is 0 Å². The van der Waals surface area contributed by atoms with Gasteiger partial charge in [0, 0.05) is 0 Å². The third-order valence-corrected chi connectivity index (χ3v) is 9.27. The summed E-state index contributed by atoms with van der Waals surface area (Å²) in [4.78, 5) is 0. The fourth-order valence-electron chi connectivity index (χ4n) is 1.88. The fraction of sp³-hybridized carbons (Fsp3) is 1.00. The van der Waals surface area contributed by atoms with Gasteiger partial charge in [-0.1, -0.05) is 51.4 Å². The molecule has 0 aromatic heterocycles. The van der Waals surface area contributed by atoms with Crippen LogP contribution in [0, 0.1) is 0 Å². The molecular formula is C10H23OSi. The normalized spacial score (nSPS) is 12.0. The zero-order valence-electron chi connectivity index (χ0n) is 8.86. The number of hydrogen-bond acceptors (Lipinski definition) is 0. The number of hydrogen-bond donors (Lipinski definition) is 0. The molecule has 73 valence electrons. The summed E-state index contributed by atoms with van der Waals surface area (Å²) in [5, 5.41) is 10.3. The molecule has 0 saturated heterocycles. The van der Waals surface area contributed by atoms with E-state index in [-0.39, 0.29) is 6.61 Å². The van der Waals surface area contributed by atoms with Crippen molar-refractivity contribution in [1.82, 2.24) is 0 Å². The van der Waals surface area contributed by atoms with Gasteiger partial charge in [-0.05, 0) is 6.42 Å². The van der Waals surface area contributed by atoms with Crippen LogP contribution in [-0.2, 0) is 5.11 Å². The summed E-state index contributed by atoms with van der Waals surface area (Å²) in [6.07, 6.45) is 2.08. The molecule has 1 nitrogen and oxygen atoms in total. The summed E-state index contributed by atoms with van der Waals surface area (Å²) in [7, 11) is -0.894. The second kappa shape index (κ2) is 6.67. The molecule has 0 unspecified atom stereocenters. The molecule has 0 aromatic carbocycles. The van der Waals surface area contributed by atoms with Crippen molar-refractivity contribution in [2.75, 3.05) is 6.61 Å². The second-order valence-electron chi connectivity index (χ2n) is 3.72. The van der Waals surface area contributed by atoms with E-state index < -0.39 is 8.07 Å². The molecule has 0 aliphatic heterocycles. The van der Waals surface area contributed by atoms with Crippen LogP contribution in [0.4, 0.5) is 0 Å². The summed E-state index contributed by atoms with van der Waals surface area (Å²) in [5.74, 6) is 0. The average molecular weight is 187 g/mol. The summed E-state index contributed by atoms with van der Waals surface area (Å²) in [6.45, 7) is 7.12. The Labute approximate surface area is 78.2 Å². The molecule has 0 bridgehead atoms. The van der Waals surface area contributed by atoms with E-state index in [0.29, 0.717) is 0 Å². The fourth-order valence-corrected chi connectivity index (χ4v) is 5.44. The smallest absolute Gasteiger partial charge is 0.0822 e. The average Bonchev–Trinajstić information content (AvgIpc) is 2.14. The Bertz CT molecular complexity index is 91.7. The highest BCUT2D eigenvalue weighted by Gasteiger charge is 2.25. The molecule has 1 radical (unpaired) electrons. The lowest BCUT2D eigenvalue weighted by molar-refractivity contribution is 0.188. The predicted molar refractivity (Wildman–Crippen MR) is 56.8 cm³/mol. The van der Waals surface area contributed by atoms with E-state index in [2.05, 4.69) is 20.8 Å². The SMILES string of the molecule is CC[Si](CC)(CC)CCCC[O]. The van der Waals surface area contributed by atoms with Crippen LogP contribution in [0.15, 0.2) is 0 Å². The first-order valence-corrected chi connectivity index (χ1v) is 8.15. The van der Waals surface area contributed by atoms with Crippen LogP contribution >= 0.6 is 0 Å². The lowest BCUT2D eigenvalue weighted by Crippen LogP contribution is -2.30. The Morgan fingerprint density at radius 1 is 0.917 bits per heavy atom. The number of rotatable bonds is 7. The van der Waals surface area contributed by atoms with Crippen molar-refractivity contribution in [1.29, 1.82) is 0 Å². The molecule has 0 aliphatic carbocycles. The maximum atomic E-state index is 10.3. The van der Waals surface area contributed by atoms with Crippen LogP contribution in [0.1, 0.15) is 33.6 Å². The van der Waals surface area contributed by atoms with Crippen molar-refractivity contribution in [3.63, 3.8) is 0 Å². The first kappa shape index (κ1) is 12.2. The highest BCUT2D eigenvalue weighted by Crippen LogP contribution is 2.26. The largest absolute Gasteiger partial charge is 0.237 e. The number of unbranched alkanes of at least 4 members (excludes halogenated alkanes) is 1. The van der Waals surface area contributed by atoms with Crippen LogP contribution in [0.2, 0.25) is 24.2 Å². The Morgan fingerprint density at radius 3 is 1.75 bits per heavy atom. The Morgan fingerprint density at radius 2 is 1.42 bits per heavy atom. The monoisotopic (exact) mass is 187 g/mol. The summed E-state index contributed by atoms with van der Waals surface area (Å²) >= 11 is 0. The maximum Gasteiger partial charge on any atom is 0.0822 e. The van der Waals surface area contributed by atoms with E-state index >= 15 is 0 Å². The zero-order chi connectivity index (χ0) is 9.45. The first-order chi connectivity index (χ1) is 5.74. The van der Waals surface area contributed by atoms with Gasteiger partial charge < -0.3 is 0 Å². The van der Waals surface area contributed by atoms with Crippen molar-refractivity contribution in [2.45, 2.75) is 57.8 Å². The van der Waals surface area contributed by atoms with Crippen molar-refractivity contribution < 1.29 is 5.11 Å². The molecule has 0 N–H and O–H groups in total. The topological polar surface area (TPSA) is 19.9 Å². The van der Waals surface area contributed by atoms with E-state index in [1.165, 1.54) is 30.6 Å². The molecule has 0 saturated carbocycles. The van der Waals surface area contributed by atoms with Gasteiger partial charge in [0.05, 0.1) is 14.7 Å². The molecule has 0 aliphatic rings. The van der Waals surface area contributed by atoms with Gasteiger partial charge in [0.15, 0.2) is 0 Å². The Balaban J connectivity index is 3.76. The van der Waals surface area contributed by atoms with Crippen LogP contribution in [0.5, 0.6) is 0 Å². The van der Waals surface area contributed by atoms with Crippen molar-refractivity contribution in [3.05, 3.63) is 0 Å². The Kier molecular flexibility index (Phi) is 6.77. The lowest BCUT2D eigenvalue weighted by atomic mass is 10.4. The van der Waals surface area contributed by atoms with E-state index in [4.69, 9.17) is 0 Å². The third kappa shape index (κ3) is 3.72. The molecule has 0 aromatic rings. The molecule has 0 fully saturated rings. The molecule has 2 heteroatoms. The molecule has 0 spiro atoms. The van der Waals surface area contributed by atoms with E-state index in [1.807, 2.05) is 0 Å². The summed E-state index contributed by atoms with van der Waals surface area (Å²) < 4.78 is 0. The Hall–Kier alpha value is 0.177.